The number of alkyl halides is 5. The van der Waals surface area contributed by atoms with Crippen molar-refractivity contribution in [1.82, 2.24) is 40.4 Å². The van der Waals surface area contributed by atoms with Crippen LogP contribution in [0.25, 0.3) is 5.65 Å². The number of nitrogens with one attached hydrogen (secondary N) is 2. The van der Waals surface area contributed by atoms with Gasteiger partial charge in [0.25, 0.3) is 5.91 Å². The first-order valence-corrected chi connectivity index (χ1v) is 12.2. The number of aromatic nitrogens is 5. The zero-order valence-electron chi connectivity index (χ0n) is 21.2. The van der Waals surface area contributed by atoms with Gasteiger partial charge in [0.1, 0.15) is 5.69 Å². The average Bonchev–Trinajstić information content (AvgIpc) is 3.54. The number of urea groups is 1. The molecule has 16 heteroatoms. The lowest BCUT2D eigenvalue weighted by Gasteiger charge is -2.26. The van der Waals surface area contributed by atoms with Gasteiger partial charge in [-0.15, -0.1) is 0 Å². The molecule has 0 radical (unpaired) electrons. The number of nitrogens with zero attached hydrogens (tertiary/aromatic N) is 6. The summed E-state index contributed by atoms with van der Waals surface area (Å²) in [6.45, 7) is 2.04. The highest BCUT2D eigenvalue weighted by Crippen LogP contribution is 2.34. The zero-order valence-corrected chi connectivity index (χ0v) is 21.2. The van der Waals surface area contributed by atoms with Crippen LogP contribution in [0.4, 0.5) is 26.7 Å². The molecule has 11 nitrogen and oxygen atoms in total. The second kappa shape index (κ2) is 10.7. The molecule has 1 saturated carbocycles. The standard InChI is InChI=1S/C17H17F3N8O3.C6H10F2/c1-9-13(26-31-25-9)14(29)21-5-11-7-28-12(23-11)3-10(4-22-28)6-27-8-16(2,17(18,19)20)24-15(27)30;7-6(8)4-2-1-3-5-6/h3-4,7H,5-6,8H2,1-2H3,(H,21,29)(H,24,30);1-5H2/t16-;/m0./s1. The van der Waals surface area contributed by atoms with Crippen LogP contribution in [0.5, 0.6) is 0 Å². The molecule has 1 aliphatic carbocycles. The molecular formula is C23H27F5N8O3. The molecular weight excluding hydrogens is 531 g/mol. The highest BCUT2D eigenvalue weighted by atomic mass is 19.4. The van der Waals surface area contributed by atoms with E-state index in [-0.39, 0.29) is 31.6 Å². The number of carbonyl (C=O) groups is 2. The highest BCUT2D eigenvalue weighted by molar-refractivity contribution is 5.92. The van der Waals surface area contributed by atoms with Gasteiger partial charge in [-0.25, -0.2) is 27.7 Å². The van der Waals surface area contributed by atoms with E-state index in [1.54, 1.807) is 19.2 Å². The van der Waals surface area contributed by atoms with Gasteiger partial charge in [0.15, 0.2) is 16.9 Å². The average molecular weight is 559 g/mol. The molecule has 0 spiro atoms. The maximum Gasteiger partial charge on any atom is 0.413 e. The predicted octanol–water partition coefficient (Wildman–Crippen LogP) is 3.78. The third kappa shape index (κ3) is 6.60. The second-order valence-corrected chi connectivity index (χ2v) is 9.81. The molecule has 1 atom stereocenters. The fraction of sp³-hybridized carbons (Fsp3) is 0.565. The maximum atomic E-state index is 13.2. The topological polar surface area (TPSA) is 131 Å². The lowest BCUT2D eigenvalue weighted by molar-refractivity contribution is -0.183. The number of amides is 3. The molecule has 3 aromatic heterocycles. The first-order valence-electron chi connectivity index (χ1n) is 12.2. The quantitative estimate of drug-likeness (QED) is 0.456. The van der Waals surface area contributed by atoms with E-state index in [9.17, 15) is 31.5 Å². The molecule has 1 saturated heterocycles. The third-order valence-corrected chi connectivity index (χ3v) is 6.49. The molecule has 2 fully saturated rings. The molecule has 0 aromatic carbocycles. The Balaban J connectivity index is 0.000000379. The van der Waals surface area contributed by atoms with Crippen LogP contribution in [0, 0.1) is 6.92 Å². The van der Waals surface area contributed by atoms with Crippen molar-refractivity contribution in [2.75, 3.05) is 6.54 Å². The Morgan fingerprint density at radius 2 is 1.92 bits per heavy atom. The summed E-state index contributed by atoms with van der Waals surface area (Å²) < 4.78 is 69.9. The molecule has 39 heavy (non-hydrogen) atoms. The van der Waals surface area contributed by atoms with Gasteiger partial charge in [-0.05, 0) is 43.5 Å². The number of carbonyl (C=O) groups excluding carboxylic acids is 2. The van der Waals surface area contributed by atoms with Crippen molar-refractivity contribution in [3.05, 3.63) is 41.1 Å². The molecule has 2 N–H and O–H groups in total. The summed E-state index contributed by atoms with van der Waals surface area (Å²) in [6.07, 6.45) is 1.13. The Labute approximate surface area is 219 Å². The molecule has 0 unspecified atom stereocenters. The first-order chi connectivity index (χ1) is 18.3. The molecule has 2 aliphatic rings. The number of halogens is 5. The lowest BCUT2D eigenvalue weighted by Crippen LogP contribution is -2.53. The molecule has 5 rings (SSSR count). The highest BCUT2D eigenvalue weighted by Gasteiger charge is 2.57. The van der Waals surface area contributed by atoms with Crippen LogP contribution < -0.4 is 10.6 Å². The first kappa shape index (κ1) is 28.2. The minimum Gasteiger partial charge on any atom is -0.345 e. The van der Waals surface area contributed by atoms with Gasteiger partial charge < -0.3 is 15.5 Å². The molecule has 3 amide bonds. The molecule has 4 heterocycles. The van der Waals surface area contributed by atoms with Crippen molar-refractivity contribution in [3.8, 4) is 0 Å². The van der Waals surface area contributed by atoms with E-state index in [0.29, 0.717) is 35.4 Å². The summed E-state index contributed by atoms with van der Waals surface area (Å²) in [4.78, 5) is 29.5. The van der Waals surface area contributed by atoms with Gasteiger partial charge in [0.2, 0.25) is 5.92 Å². The van der Waals surface area contributed by atoms with Crippen LogP contribution in [0.15, 0.2) is 23.1 Å². The van der Waals surface area contributed by atoms with Crippen LogP contribution in [0.1, 0.15) is 66.5 Å². The van der Waals surface area contributed by atoms with E-state index < -0.39 is 36.1 Å². The fourth-order valence-corrected chi connectivity index (χ4v) is 4.21. The Kier molecular flexibility index (Phi) is 7.75. The summed E-state index contributed by atoms with van der Waals surface area (Å²) in [7, 11) is 0. The Morgan fingerprint density at radius 3 is 2.49 bits per heavy atom. The summed E-state index contributed by atoms with van der Waals surface area (Å²) in [6, 6.07) is 0.810. The van der Waals surface area contributed by atoms with E-state index in [0.717, 1.165) is 18.2 Å². The Bertz CT molecular complexity index is 1330. The van der Waals surface area contributed by atoms with E-state index in [2.05, 4.69) is 30.3 Å². The molecule has 1 aliphatic heterocycles. The largest absolute Gasteiger partial charge is 0.413 e. The third-order valence-electron chi connectivity index (χ3n) is 6.49. The van der Waals surface area contributed by atoms with E-state index in [1.165, 1.54) is 10.7 Å². The number of imidazole rings is 1. The van der Waals surface area contributed by atoms with E-state index >= 15 is 0 Å². The van der Waals surface area contributed by atoms with Crippen LogP contribution in [0.3, 0.4) is 0 Å². The minimum atomic E-state index is -4.57. The number of hydrogen-bond acceptors (Lipinski definition) is 7. The van der Waals surface area contributed by atoms with Crippen molar-refractivity contribution >= 4 is 17.6 Å². The van der Waals surface area contributed by atoms with E-state index in [1.807, 2.05) is 5.32 Å². The SMILES string of the molecule is Cc1nonc1C(=O)NCc1cn2ncc(CN3C[C@@](C)(C(F)(F)F)NC3=O)cc2n1.FC1(F)CCCCC1. The Hall–Kier alpha value is -3.85. The van der Waals surface area contributed by atoms with Crippen LogP contribution in [-0.2, 0) is 13.1 Å². The minimum absolute atomic E-state index is 0.0572. The number of hydrogen-bond donors (Lipinski definition) is 2. The van der Waals surface area contributed by atoms with Gasteiger partial charge in [-0.2, -0.15) is 18.3 Å². The molecule has 0 bridgehead atoms. The van der Waals surface area contributed by atoms with Crippen LogP contribution >= 0.6 is 0 Å². The number of aryl methyl sites for hydroxylation is 1. The van der Waals surface area contributed by atoms with Gasteiger partial charge in [-0.1, -0.05) is 11.6 Å². The van der Waals surface area contributed by atoms with Gasteiger partial charge in [0.05, 0.1) is 31.2 Å². The number of fused-ring (bicyclic) bond motifs is 1. The smallest absolute Gasteiger partial charge is 0.345 e. The predicted molar refractivity (Wildman–Crippen MR) is 125 cm³/mol. The number of rotatable bonds is 5. The zero-order chi connectivity index (χ0) is 28.4. The molecule has 3 aromatic rings. The summed E-state index contributed by atoms with van der Waals surface area (Å²) >= 11 is 0. The molecule has 212 valence electrons. The monoisotopic (exact) mass is 558 g/mol. The summed E-state index contributed by atoms with van der Waals surface area (Å²) in [5.41, 5.74) is -0.461. The van der Waals surface area contributed by atoms with Crippen molar-refractivity contribution < 1.29 is 36.2 Å². The second-order valence-electron chi connectivity index (χ2n) is 9.81. The Morgan fingerprint density at radius 1 is 1.21 bits per heavy atom. The van der Waals surface area contributed by atoms with Crippen molar-refractivity contribution in [3.63, 3.8) is 0 Å². The summed E-state index contributed by atoms with van der Waals surface area (Å²) in [5.74, 6) is -2.80. The van der Waals surface area contributed by atoms with Gasteiger partial charge >= 0.3 is 12.2 Å². The van der Waals surface area contributed by atoms with E-state index in [4.69, 9.17) is 0 Å². The van der Waals surface area contributed by atoms with Crippen molar-refractivity contribution in [2.24, 2.45) is 0 Å². The fourth-order valence-electron chi connectivity index (χ4n) is 4.21. The van der Waals surface area contributed by atoms with Gasteiger partial charge in [-0.3, -0.25) is 4.79 Å². The lowest BCUT2D eigenvalue weighted by atomic mass is 9.97. The van der Waals surface area contributed by atoms with Crippen molar-refractivity contribution in [2.45, 2.75) is 76.7 Å². The van der Waals surface area contributed by atoms with Crippen LogP contribution in [-0.4, -0.2) is 65.9 Å². The van der Waals surface area contributed by atoms with Crippen molar-refractivity contribution in [1.29, 1.82) is 0 Å². The maximum absolute atomic E-state index is 13.2. The summed E-state index contributed by atoms with van der Waals surface area (Å²) in [5, 5.41) is 15.8. The van der Waals surface area contributed by atoms with Crippen LogP contribution in [0.2, 0.25) is 0 Å². The normalized spacial score (nSPS) is 20.9. The van der Waals surface area contributed by atoms with Gasteiger partial charge in [0, 0.05) is 19.4 Å².